The van der Waals surface area contributed by atoms with Crippen LogP contribution in [0.4, 0.5) is 0 Å². The molecule has 0 aromatic heterocycles. The molecule has 0 aromatic rings. The third kappa shape index (κ3) is 9.48. The molecule has 0 aliphatic heterocycles. The predicted octanol–water partition coefficient (Wildman–Crippen LogP) is 4.29. The first-order valence-corrected chi connectivity index (χ1v) is 5.05. The first-order chi connectivity index (χ1) is 5.91. The highest BCUT2D eigenvalue weighted by Crippen LogP contribution is 2.01. The van der Waals surface area contributed by atoms with Crippen molar-refractivity contribution in [3.8, 4) is 0 Å². The van der Waals surface area contributed by atoms with Gasteiger partial charge in [-0.1, -0.05) is 51.0 Å². The van der Waals surface area contributed by atoms with E-state index in [0.717, 1.165) is 12.8 Å². The van der Waals surface area contributed by atoms with E-state index < -0.39 is 0 Å². The van der Waals surface area contributed by atoms with Crippen LogP contribution < -0.4 is 0 Å². The zero-order chi connectivity index (χ0) is 9.07. The molecule has 1 radical (unpaired) electrons. The Morgan fingerprint density at radius 3 is 2.42 bits per heavy atom. The topological polar surface area (TPSA) is 0 Å². The molecular weight excluding hydrogens is 144 g/mol. The molecule has 0 heteroatoms. The minimum Gasteiger partial charge on any atom is -0.0848 e. The van der Waals surface area contributed by atoms with Crippen LogP contribution in [0.25, 0.3) is 0 Å². The van der Waals surface area contributed by atoms with Crippen LogP contribution in [-0.2, 0) is 0 Å². The minimum absolute atomic E-state index is 1.12. The Morgan fingerprint density at radius 1 is 1.00 bits per heavy atom. The molecule has 0 bridgehead atoms. The van der Waals surface area contributed by atoms with Crippen LogP contribution in [0.15, 0.2) is 24.3 Å². The summed E-state index contributed by atoms with van der Waals surface area (Å²) in [5.41, 5.74) is 0. The highest BCUT2D eigenvalue weighted by molar-refractivity contribution is 5.03. The predicted molar refractivity (Wildman–Crippen MR) is 57.0 cm³/mol. The van der Waals surface area contributed by atoms with Gasteiger partial charge in [-0.15, -0.1) is 0 Å². The average Bonchev–Trinajstić information content (AvgIpc) is 2.10. The molecule has 0 N–H and O–H groups in total. The number of rotatable bonds is 7. The van der Waals surface area contributed by atoms with E-state index in [1.54, 1.807) is 0 Å². The lowest BCUT2D eigenvalue weighted by Gasteiger charge is -1.92. The van der Waals surface area contributed by atoms with E-state index >= 15 is 0 Å². The molecule has 69 valence electrons. The molecule has 0 nitrogen and oxygen atoms in total. The van der Waals surface area contributed by atoms with E-state index in [1.165, 1.54) is 19.3 Å². The molecule has 0 saturated carbocycles. The largest absolute Gasteiger partial charge is 0.0848 e. The lowest BCUT2D eigenvalue weighted by molar-refractivity contribution is 0.771. The summed E-state index contributed by atoms with van der Waals surface area (Å²) in [6, 6.07) is 0. The quantitative estimate of drug-likeness (QED) is 0.390. The second-order valence-corrected chi connectivity index (χ2v) is 2.93. The molecule has 0 fully saturated rings. The van der Waals surface area contributed by atoms with Crippen LogP contribution in [0, 0.1) is 6.42 Å². The second kappa shape index (κ2) is 10.5. The minimum atomic E-state index is 1.12. The van der Waals surface area contributed by atoms with Gasteiger partial charge in [-0.05, 0) is 25.7 Å². The Morgan fingerprint density at radius 2 is 1.75 bits per heavy atom. The fourth-order valence-corrected chi connectivity index (χ4v) is 0.934. The van der Waals surface area contributed by atoms with Crippen molar-refractivity contribution >= 4 is 0 Å². The van der Waals surface area contributed by atoms with Gasteiger partial charge in [0, 0.05) is 0 Å². The van der Waals surface area contributed by atoms with Crippen LogP contribution in [0.3, 0.4) is 0 Å². The fourth-order valence-electron chi connectivity index (χ4n) is 0.934. The lowest BCUT2D eigenvalue weighted by atomic mass is 10.1. The van der Waals surface area contributed by atoms with E-state index in [4.69, 9.17) is 0 Å². The summed E-state index contributed by atoms with van der Waals surface area (Å²) in [5.74, 6) is 0. The van der Waals surface area contributed by atoms with Crippen LogP contribution in [0.5, 0.6) is 0 Å². The lowest BCUT2D eigenvalue weighted by Crippen LogP contribution is -1.74. The van der Waals surface area contributed by atoms with Gasteiger partial charge >= 0.3 is 0 Å². The summed E-state index contributed by atoms with van der Waals surface area (Å²) >= 11 is 0. The molecule has 0 spiro atoms. The molecule has 0 saturated heterocycles. The molecule has 0 aromatic carbocycles. The molecule has 0 unspecified atom stereocenters. The highest BCUT2D eigenvalue weighted by atomic mass is 13.9. The SMILES string of the molecule is CCC=C/C=C/C[CH]CCCC. The highest BCUT2D eigenvalue weighted by Gasteiger charge is 1.83. The molecule has 0 aliphatic rings. The van der Waals surface area contributed by atoms with Gasteiger partial charge in [0.25, 0.3) is 0 Å². The number of hydrogen-bond acceptors (Lipinski definition) is 0. The van der Waals surface area contributed by atoms with Crippen LogP contribution >= 0.6 is 0 Å². The Kier molecular flexibility index (Phi) is 10.0. The Labute approximate surface area is 77.4 Å². The molecule has 0 aliphatic carbocycles. The maximum Gasteiger partial charge on any atom is -0.0316 e. The maximum atomic E-state index is 2.35. The van der Waals surface area contributed by atoms with Crippen molar-refractivity contribution in [1.29, 1.82) is 0 Å². The van der Waals surface area contributed by atoms with Crippen molar-refractivity contribution in [3.63, 3.8) is 0 Å². The van der Waals surface area contributed by atoms with Crippen molar-refractivity contribution in [3.05, 3.63) is 30.7 Å². The van der Waals surface area contributed by atoms with Gasteiger partial charge in [0.2, 0.25) is 0 Å². The summed E-state index contributed by atoms with van der Waals surface area (Å²) in [6.07, 6.45) is 17.1. The van der Waals surface area contributed by atoms with E-state index in [0.29, 0.717) is 0 Å². The summed E-state index contributed by atoms with van der Waals surface area (Å²) in [5, 5.41) is 0. The van der Waals surface area contributed by atoms with Crippen molar-refractivity contribution in [2.75, 3.05) is 0 Å². The maximum absolute atomic E-state index is 2.35. The molecule has 0 amide bonds. The van der Waals surface area contributed by atoms with Gasteiger partial charge in [0.15, 0.2) is 0 Å². The van der Waals surface area contributed by atoms with Gasteiger partial charge in [0.1, 0.15) is 0 Å². The van der Waals surface area contributed by atoms with Gasteiger partial charge in [-0.2, -0.15) is 0 Å². The second-order valence-electron chi connectivity index (χ2n) is 2.93. The third-order valence-corrected chi connectivity index (χ3v) is 1.68. The van der Waals surface area contributed by atoms with E-state index in [9.17, 15) is 0 Å². The van der Waals surface area contributed by atoms with Gasteiger partial charge in [-0.3, -0.25) is 0 Å². The summed E-state index contributed by atoms with van der Waals surface area (Å²) in [6.45, 7) is 4.38. The van der Waals surface area contributed by atoms with E-state index in [2.05, 4.69) is 44.6 Å². The smallest absolute Gasteiger partial charge is 0.0316 e. The normalized spacial score (nSPS) is 11.8. The molecule has 0 atom stereocenters. The van der Waals surface area contributed by atoms with Crippen molar-refractivity contribution in [2.24, 2.45) is 0 Å². The zero-order valence-electron chi connectivity index (χ0n) is 8.42. The monoisotopic (exact) mass is 165 g/mol. The van der Waals surface area contributed by atoms with Crippen molar-refractivity contribution < 1.29 is 0 Å². The van der Waals surface area contributed by atoms with Gasteiger partial charge in [0.05, 0.1) is 0 Å². The van der Waals surface area contributed by atoms with Crippen LogP contribution in [0.1, 0.15) is 46.0 Å². The fraction of sp³-hybridized carbons (Fsp3) is 0.583. The molecule has 0 rings (SSSR count). The Bertz CT molecular complexity index is 120. The standard InChI is InChI=1S/C12H21/c1-3-5-7-9-11-12-10-8-6-4-2/h5,7,9-11H,3-4,6,8,12H2,1-2H3/b7-5?,11-9+. The number of allylic oxidation sites excluding steroid dienone is 4. The van der Waals surface area contributed by atoms with Crippen molar-refractivity contribution in [2.45, 2.75) is 46.0 Å². The number of unbranched alkanes of at least 4 members (excludes halogenated alkanes) is 4. The summed E-state index contributed by atoms with van der Waals surface area (Å²) in [4.78, 5) is 0. The van der Waals surface area contributed by atoms with E-state index in [-0.39, 0.29) is 0 Å². The van der Waals surface area contributed by atoms with Gasteiger partial charge < -0.3 is 0 Å². The summed E-state index contributed by atoms with van der Waals surface area (Å²) in [7, 11) is 0. The Balaban J connectivity index is 3.07. The van der Waals surface area contributed by atoms with Crippen molar-refractivity contribution in [1.82, 2.24) is 0 Å². The van der Waals surface area contributed by atoms with Crippen LogP contribution in [-0.4, -0.2) is 0 Å². The first-order valence-electron chi connectivity index (χ1n) is 5.05. The summed E-state index contributed by atoms with van der Waals surface area (Å²) < 4.78 is 0. The number of hydrogen-bond donors (Lipinski definition) is 0. The van der Waals surface area contributed by atoms with Crippen LogP contribution in [0.2, 0.25) is 0 Å². The Hall–Kier alpha value is -0.520. The molecule has 0 heterocycles. The van der Waals surface area contributed by atoms with E-state index in [1.807, 2.05) is 0 Å². The zero-order valence-corrected chi connectivity index (χ0v) is 8.42. The molecular formula is C12H21. The average molecular weight is 165 g/mol. The third-order valence-electron chi connectivity index (χ3n) is 1.68. The van der Waals surface area contributed by atoms with Gasteiger partial charge in [-0.25, -0.2) is 0 Å². The molecule has 12 heavy (non-hydrogen) atoms. The first kappa shape index (κ1) is 11.5.